The zero-order chi connectivity index (χ0) is 14.4. The van der Waals surface area contributed by atoms with E-state index >= 15 is 0 Å². The van der Waals surface area contributed by atoms with E-state index in [0.29, 0.717) is 6.04 Å². The van der Waals surface area contributed by atoms with Gasteiger partial charge in [0, 0.05) is 24.7 Å². The first-order valence-corrected chi connectivity index (χ1v) is 7.26. The van der Waals surface area contributed by atoms with Crippen LogP contribution in [0.4, 0.5) is 0 Å². The Morgan fingerprint density at radius 2 is 2.05 bits per heavy atom. The van der Waals surface area contributed by atoms with Crippen LogP contribution in [0, 0.1) is 11.8 Å². The summed E-state index contributed by atoms with van der Waals surface area (Å²) in [7, 11) is 4.29. The SMILES string of the molecule is CN(C)CC1CCCN1Cc1ccc(C#CCO)cc1. The Morgan fingerprint density at radius 1 is 1.30 bits per heavy atom. The van der Waals surface area contributed by atoms with Gasteiger partial charge in [0.25, 0.3) is 0 Å². The van der Waals surface area contributed by atoms with E-state index in [-0.39, 0.29) is 6.61 Å². The van der Waals surface area contributed by atoms with Crippen molar-refractivity contribution in [1.29, 1.82) is 0 Å². The lowest BCUT2D eigenvalue weighted by molar-refractivity contribution is 0.201. The second-order valence-corrected chi connectivity index (χ2v) is 5.69. The summed E-state index contributed by atoms with van der Waals surface area (Å²) < 4.78 is 0. The zero-order valence-electron chi connectivity index (χ0n) is 12.5. The van der Waals surface area contributed by atoms with Crippen LogP contribution in [0.5, 0.6) is 0 Å². The summed E-state index contributed by atoms with van der Waals surface area (Å²) >= 11 is 0. The molecule has 1 aliphatic heterocycles. The number of aliphatic hydroxyl groups excluding tert-OH is 1. The highest BCUT2D eigenvalue weighted by Crippen LogP contribution is 2.20. The number of benzene rings is 1. The highest BCUT2D eigenvalue weighted by molar-refractivity contribution is 5.36. The maximum Gasteiger partial charge on any atom is 0.104 e. The van der Waals surface area contributed by atoms with Crippen LogP contribution in [-0.2, 0) is 6.54 Å². The Bertz CT molecular complexity index is 470. The van der Waals surface area contributed by atoms with Crippen LogP contribution >= 0.6 is 0 Å². The minimum atomic E-state index is -0.0816. The molecule has 108 valence electrons. The molecular formula is C17H24N2O. The van der Waals surface area contributed by atoms with E-state index in [9.17, 15) is 0 Å². The Kier molecular flexibility index (Phi) is 5.60. The van der Waals surface area contributed by atoms with Crippen molar-refractivity contribution in [3.8, 4) is 11.8 Å². The first-order valence-electron chi connectivity index (χ1n) is 7.26. The molecule has 1 aromatic carbocycles. The summed E-state index contributed by atoms with van der Waals surface area (Å²) in [5, 5.41) is 8.69. The van der Waals surface area contributed by atoms with Crippen molar-refractivity contribution in [1.82, 2.24) is 9.80 Å². The van der Waals surface area contributed by atoms with Crippen molar-refractivity contribution < 1.29 is 5.11 Å². The average Bonchev–Trinajstić information content (AvgIpc) is 2.84. The van der Waals surface area contributed by atoms with Gasteiger partial charge in [-0.15, -0.1) is 0 Å². The maximum absolute atomic E-state index is 8.69. The van der Waals surface area contributed by atoms with E-state index in [4.69, 9.17) is 5.11 Å². The molecule has 0 spiro atoms. The molecule has 1 aliphatic rings. The lowest BCUT2D eigenvalue weighted by atomic mass is 10.1. The fourth-order valence-corrected chi connectivity index (χ4v) is 2.80. The van der Waals surface area contributed by atoms with E-state index < -0.39 is 0 Å². The lowest BCUT2D eigenvalue weighted by Crippen LogP contribution is -2.37. The van der Waals surface area contributed by atoms with Crippen LogP contribution in [0.2, 0.25) is 0 Å². The topological polar surface area (TPSA) is 26.7 Å². The van der Waals surface area contributed by atoms with Crippen molar-refractivity contribution in [2.24, 2.45) is 0 Å². The number of likely N-dealkylation sites (N-methyl/N-ethyl adjacent to an activating group) is 1. The molecule has 1 aromatic rings. The monoisotopic (exact) mass is 272 g/mol. The first-order chi connectivity index (χ1) is 9.69. The molecule has 0 amide bonds. The van der Waals surface area contributed by atoms with Crippen LogP contribution in [0.15, 0.2) is 24.3 Å². The number of nitrogens with zero attached hydrogens (tertiary/aromatic N) is 2. The van der Waals surface area contributed by atoms with Gasteiger partial charge in [0.2, 0.25) is 0 Å². The van der Waals surface area contributed by atoms with E-state index in [2.05, 4.69) is 47.9 Å². The third kappa shape index (κ3) is 4.35. The molecule has 1 atom stereocenters. The van der Waals surface area contributed by atoms with Gasteiger partial charge in [0.05, 0.1) is 0 Å². The van der Waals surface area contributed by atoms with Crippen molar-refractivity contribution in [2.75, 3.05) is 33.8 Å². The molecule has 3 heteroatoms. The number of likely N-dealkylation sites (tertiary alicyclic amines) is 1. The Labute approximate surface area is 122 Å². The summed E-state index contributed by atoms with van der Waals surface area (Å²) in [6.45, 7) is 3.28. The number of hydrogen-bond donors (Lipinski definition) is 1. The molecule has 1 heterocycles. The van der Waals surface area contributed by atoms with Gasteiger partial charge in [-0.25, -0.2) is 0 Å². The molecular weight excluding hydrogens is 248 g/mol. The first kappa shape index (κ1) is 15.1. The zero-order valence-corrected chi connectivity index (χ0v) is 12.5. The van der Waals surface area contributed by atoms with Gasteiger partial charge in [-0.1, -0.05) is 24.0 Å². The molecule has 0 aromatic heterocycles. The molecule has 20 heavy (non-hydrogen) atoms. The Morgan fingerprint density at radius 3 is 2.70 bits per heavy atom. The normalized spacial score (nSPS) is 19.1. The summed E-state index contributed by atoms with van der Waals surface area (Å²) in [4.78, 5) is 4.85. The minimum Gasteiger partial charge on any atom is -0.384 e. The fourth-order valence-electron chi connectivity index (χ4n) is 2.80. The largest absolute Gasteiger partial charge is 0.384 e. The van der Waals surface area contributed by atoms with Gasteiger partial charge in [-0.3, -0.25) is 4.90 Å². The number of hydrogen-bond acceptors (Lipinski definition) is 3. The van der Waals surface area contributed by atoms with Crippen LogP contribution in [-0.4, -0.2) is 54.7 Å². The molecule has 0 radical (unpaired) electrons. The summed E-state index contributed by atoms with van der Waals surface area (Å²) in [6.07, 6.45) is 2.61. The van der Waals surface area contributed by atoms with Gasteiger partial charge in [-0.2, -0.15) is 0 Å². The third-order valence-electron chi connectivity index (χ3n) is 3.73. The van der Waals surface area contributed by atoms with Gasteiger partial charge < -0.3 is 10.0 Å². The molecule has 0 bridgehead atoms. The number of rotatable bonds is 4. The smallest absolute Gasteiger partial charge is 0.104 e. The highest BCUT2D eigenvalue weighted by atomic mass is 16.2. The molecule has 1 fully saturated rings. The molecule has 3 nitrogen and oxygen atoms in total. The van der Waals surface area contributed by atoms with E-state index in [1.807, 2.05) is 12.1 Å². The number of aliphatic hydroxyl groups is 1. The summed E-state index contributed by atoms with van der Waals surface area (Å²) in [5.74, 6) is 5.61. The molecule has 0 aliphatic carbocycles. The van der Waals surface area contributed by atoms with Crippen molar-refractivity contribution in [3.63, 3.8) is 0 Å². The van der Waals surface area contributed by atoms with Gasteiger partial charge in [-0.05, 0) is 51.2 Å². The Balaban J connectivity index is 1.95. The van der Waals surface area contributed by atoms with E-state index in [1.54, 1.807) is 0 Å². The lowest BCUT2D eigenvalue weighted by Gasteiger charge is -2.27. The van der Waals surface area contributed by atoms with Crippen molar-refractivity contribution >= 4 is 0 Å². The van der Waals surface area contributed by atoms with Crippen molar-refractivity contribution in [2.45, 2.75) is 25.4 Å². The predicted octanol–water partition coefficient (Wildman–Crippen LogP) is 1.56. The van der Waals surface area contributed by atoms with Crippen LogP contribution in [0.3, 0.4) is 0 Å². The molecule has 2 rings (SSSR count). The summed E-state index contributed by atoms with van der Waals surface area (Å²) in [6, 6.07) is 9.04. The van der Waals surface area contributed by atoms with Gasteiger partial charge in [0.1, 0.15) is 6.61 Å². The second-order valence-electron chi connectivity index (χ2n) is 5.69. The third-order valence-corrected chi connectivity index (χ3v) is 3.73. The average molecular weight is 272 g/mol. The van der Waals surface area contributed by atoms with Gasteiger partial charge in [0.15, 0.2) is 0 Å². The standard InChI is InChI=1S/C17H24N2O/c1-18(2)14-17-6-3-11-19(17)13-16-9-7-15(8-10-16)5-4-12-20/h7-10,17,20H,3,6,11-14H2,1-2H3. The molecule has 1 saturated heterocycles. The quantitative estimate of drug-likeness (QED) is 0.843. The van der Waals surface area contributed by atoms with Crippen LogP contribution < -0.4 is 0 Å². The minimum absolute atomic E-state index is 0.0816. The fraction of sp³-hybridized carbons (Fsp3) is 0.529. The van der Waals surface area contributed by atoms with Crippen molar-refractivity contribution in [3.05, 3.63) is 35.4 Å². The van der Waals surface area contributed by atoms with E-state index in [1.165, 1.54) is 24.9 Å². The second kappa shape index (κ2) is 7.44. The van der Waals surface area contributed by atoms with Crippen LogP contribution in [0.25, 0.3) is 0 Å². The van der Waals surface area contributed by atoms with Crippen LogP contribution in [0.1, 0.15) is 24.0 Å². The molecule has 0 saturated carbocycles. The van der Waals surface area contributed by atoms with Gasteiger partial charge >= 0.3 is 0 Å². The molecule has 1 N–H and O–H groups in total. The van der Waals surface area contributed by atoms with E-state index in [0.717, 1.165) is 18.7 Å². The predicted molar refractivity (Wildman–Crippen MR) is 82.4 cm³/mol. The molecule has 1 unspecified atom stereocenters. The Hall–Kier alpha value is -1.34. The summed E-state index contributed by atoms with van der Waals surface area (Å²) in [5.41, 5.74) is 2.30. The highest BCUT2D eigenvalue weighted by Gasteiger charge is 2.24. The maximum atomic E-state index is 8.69.